The van der Waals surface area contributed by atoms with Gasteiger partial charge in [0.2, 0.25) is 5.91 Å². The third-order valence-corrected chi connectivity index (χ3v) is 6.65. The highest BCUT2D eigenvalue weighted by Gasteiger charge is 2.40. The normalized spacial score (nSPS) is 17.9. The van der Waals surface area contributed by atoms with Gasteiger partial charge in [-0.15, -0.1) is 0 Å². The first-order chi connectivity index (χ1) is 17.0. The lowest BCUT2D eigenvalue weighted by atomic mass is 9.97. The number of rotatable bonds is 8. The summed E-state index contributed by atoms with van der Waals surface area (Å²) in [4.78, 5) is 30.7. The maximum Gasteiger partial charge on any atom is 0.254 e. The second kappa shape index (κ2) is 11.1. The number of aryl methyl sites for hydroxylation is 1. The summed E-state index contributed by atoms with van der Waals surface area (Å²) in [6.07, 6.45) is 1.59. The predicted molar refractivity (Wildman–Crippen MR) is 136 cm³/mol. The molecular weight excluding hydrogens is 440 g/mol. The van der Waals surface area contributed by atoms with Crippen LogP contribution in [0, 0.1) is 0 Å². The van der Waals surface area contributed by atoms with Crippen molar-refractivity contribution in [1.29, 1.82) is 0 Å². The molecule has 0 unspecified atom stereocenters. The summed E-state index contributed by atoms with van der Waals surface area (Å²) < 4.78 is 10.6. The lowest BCUT2D eigenvalue weighted by Gasteiger charge is -2.45. The van der Waals surface area contributed by atoms with Gasteiger partial charge in [0, 0.05) is 18.7 Å². The molecule has 1 saturated heterocycles. The smallest absolute Gasteiger partial charge is 0.254 e. The minimum Gasteiger partial charge on any atom is -0.497 e. The highest BCUT2D eigenvalue weighted by Crippen LogP contribution is 2.26. The molecule has 35 heavy (non-hydrogen) atoms. The Morgan fingerprint density at radius 1 is 0.886 bits per heavy atom. The Bertz CT molecular complexity index is 1150. The standard InChI is InChI=1S/C29H32N2O4/c1-21-28(32)31(19-23-10-7-11-27(18-23)35-3)25(15-12-22-8-5-4-6-9-22)20-30(21)29(33)24-13-16-26(34-2)17-14-24/h4-11,13-14,16-18,21,25H,12,15,19-20H2,1-3H3/t21-,25+/m1/s1. The van der Waals surface area contributed by atoms with E-state index in [1.807, 2.05) is 54.3 Å². The molecule has 3 aromatic rings. The molecule has 2 atom stereocenters. The van der Waals surface area contributed by atoms with Crippen molar-refractivity contribution in [2.24, 2.45) is 0 Å². The molecule has 1 aliphatic rings. The van der Waals surface area contributed by atoms with Crippen molar-refractivity contribution in [3.05, 3.63) is 95.6 Å². The zero-order valence-corrected chi connectivity index (χ0v) is 20.5. The Kier molecular flexibility index (Phi) is 7.70. The van der Waals surface area contributed by atoms with E-state index in [9.17, 15) is 9.59 Å². The first-order valence-electron chi connectivity index (χ1n) is 11.9. The molecule has 0 saturated carbocycles. The molecule has 0 N–H and O–H groups in total. The van der Waals surface area contributed by atoms with Crippen LogP contribution >= 0.6 is 0 Å². The fourth-order valence-corrected chi connectivity index (χ4v) is 4.59. The number of hydrogen-bond donors (Lipinski definition) is 0. The van der Waals surface area contributed by atoms with Crippen molar-refractivity contribution >= 4 is 11.8 Å². The third kappa shape index (κ3) is 5.65. The van der Waals surface area contributed by atoms with Crippen molar-refractivity contribution in [3.8, 4) is 11.5 Å². The van der Waals surface area contributed by atoms with E-state index < -0.39 is 6.04 Å². The van der Waals surface area contributed by atoms with Crippen LogP contribution in [0.25, 0.3) is 0 Å². The van der Waals surface area contributed by atoms with Crippen molar-refractivity contribution < 1.29 is 19.1 Å². The van der Waals surface area contributed by atoms with E-state index in [1.165, 1.54) is 5.56 Å². The van der Waals surface area contributed by atoms with Gasteiger partial charge in [-0.3, -0.25) is 9.59 Å². The van der Waals surface area contributed by atoms with Crippen LogP contribution < -0.4 is 9.47 Å². The molecule has 0 bridgehead atoms. The number of piperazine rings is 1. The van der Waals surface area contributed by atoms with E-state index in [-0.39, 0.29) is 17.9 Å². The van der Waals surface area contributed by atoms with Crippen LogP contribution in [0.2, 0.25) is 0 Å². The molecule has 0 aromatic heterocycles. The summed E-state index contributed by atoms with van der Waals surface area (Å²) in [6, 6.07) is 24.4. The first-order valence-corrected chi connectivity index (χ1v) is 11.9. The van der Waals surface area contributed by atoms with Gasteiger partial charge < -0.3 is 19.3 Å². The van der Waals surface area contributed by atoms with Crippen LogP contribution in [-0.4, -0.2) is 54.5 Å². The second-order valence-electron chi connectivity index (χ2n) is 8.86. The molecule has 6 nitrogen and oxygen atoms in total. The maximum absolute atomic E-state index is 13.6. The topological polar surface area (TPSA) is 59.1 Å². The number of nitrogens with zero attached hydrogens (tertiary/aromatic N) is 2. The van der Waals surface area contributed by atoms with Crippen LogP contribution in [0.4, 0.5) is 0 Å². The Morgan fingerprint density at radius 3 is 2.26 bits per heavy atom. The minimum atomic E-state index is -0.553. The van der Waals surface area contributed by atoms with Crippen LogP contribution in [0.15, 0.2) is 78.9 Å². The molecule has 2 amide bonds. The van der Waals surface area contributed by atoms with Crippen molar-refractivity contribution in [1.82, 2.24) is 9.80 Å². The summed E-state index contributed by atoms with van der Waals surface area (Å²) in [5.74, 6) is 1.27. The molecule has 4 rings (SSSR count). The summed E-state index contributed by atoms with van der Waals surface area (Å²) in [7, 11) is 3.23. The SMILES string of the molecule is COc1ccc(C(=O)N2C[C@H](CCc3ccccc3)N(Cc3cccc(OC)c3)C(=O)[C@H]2C)cc1. The minimum absolute atomic E-state index is 0.0426. The van der Waals surface area contributed by atoms with Gasteiger partial charge in [-0.05, 0) is 67.3 Å². The van der Waals surface area contributed by atoms with Crippen LogP contribution in [0.5, 0.6) is 11.5 Å². The first kappa shape index (κ1) is 24.3. The van der Waals surface area contributed by atoms with Crippen molar-refractivity contribution in [2.75, 3.05) is 20.8 Å². The van der Waals surface area contributed by atoms with E-state index >= 15 is 0 Å². The summed E-state index contributed by atoms with van der Waals surface area (Å²) in [6.45, 7) is 2.77. The van der Waals surface area contributed by atoms with Crippen molar-refractivity contribution in [2.45, 2.75) is 38.4 Å². The van der Waals surface area contributed by atoms with Gasteiger partial charge in [0.05, 0.1) is 20.3 Å². The average molecular weight is 473 g/mol. The summed E-state index contributed by atoms with van der Waals surface area (Å²) in [5.41, 5.74) is 2.77. The second-order valence-corrected chi connectivity index (χ2v) is 8.86. The van der Waals surface area contributed by atoms with Crippen LogP contribution in [-0.2, 0) is 17.8 Å². The van der Waals surface area contributed by atoms with Gasteiger partial charge in [-0.2, -0.15) is 0 Å². The fraction of sp³-hybridized carbons (Fsp3) is 0.310. The number of hydrogen-bond acceptors (Lipinski definition) is 4. The third-order valence-electron chi connectivity index (χ3n) is 6.65. The van der Waals surface area contributed by atoms with E-state index in [2.05, 4.69) is 12.1 Å². The molecular formula is C29H32N2O4. The molecule has 3 aromatic carbocycles. The van der Waals surface area contributed by atoms with Gasteiger partial charge in [0.15, 0.2) is 0 Å². The Balaban J connectivity index is 1.58. The summed E-state index contributed by atoms with van der Waals surface area (Å²) >= 11 is 0. The fourth-order valence-electron chi connectivity index (χ4n) is 4.59. The van der Waals surface area contributed by atoms with Gasteiger partial charge in [-0.25, -0.2) is 0 Å². The quantitative estimate of drug-likeness (QED) is 0.482. The van der Waals surface area contributed by atoms with E-state index in [0.717, 1.165) is 24.2 Å². The highest BCUT2D eigenvalue weighted by atomic mass is 16.5. The van der Waals surface area contributed by atoms with Gasteiger partial charge in [0.1, 0.15) is 17.5 Å². The Hall–Kier alpha value is -3.80. The summed E-state index contributed by atoms with van der Waals surface area (Å²) in [5, 5.41) is 0. The van der Waals surface area contributed by atoms with E-state index in [0.29, 0.717) is 24.4 Å². The van der Waals surface area contributed by atoms with Gasteiger partial charge in [-0.1, -0.05) is 42.5 Å². The Labute approximate surface area is 207 Å². The molecule has 6 heteroatoms. The van der Waals surface area contributed by atoms with Crippen molar-refractivity contribution in [3.63, 3.8) is 0 Å². The molecule has 0 aliphatic carbocycles. The number of methoxy groups -OCH3 is 2. The highest BCUT2D eigenvalue weighted by molar-refractivity contribution is 5.98. The Morgan fingerprint density at radius 2 is 1.57 bits per heavy atom. The molecule has 1 fully saturated rings. The molecule has 1 aliphatic heterocycles. The predicted octanol–water partition coefficient (Wildman–Crippen LogP) is 4.58. The largest absolute Gasteiger partial charge is 0.497 e. The number of ether oxygens (including phenoxy) is 2. The molecule has 182 valence electrons. The lowest BCUT2D eigenvalue weighted by Crippen LogP contribution is -2.61. The number of carbonyl (C=O) groups excluding carboxylic acids is 2. The zero-order chi connectivity index (χ0) is 24.8. The number of carbonyl (C=O) groups is 2. The molecule has 0 spiro atoms. The van der Waals surface area contributed by atoms with Crippen LogP contribution in [0.3, 0.4) is 0 Å². The number of amides is 2. The average Bonchev–Trinajstić information content (AvgIpc) is 2.91. The van der Waals surface area contributed by atoms with Gasteiger partial charge >= 0.3 is 0 Å². The lowest BCUT2D eigenvalue weighted by molar-refractivity contribution is -0.144. The zero-order valence-electron chi connectivity index (χ0n) is 20.5. The van der Waals surface area contributed by atoms with Crippen LogP contribution in [0.1, 0.15) is 34.8 Å². The maximum atomic E-state index is 13.6. The van der Waals surface area contributed by atoms with E-state index in [4.69, 9.17) is 9.47 Å². The molecule has 0 radical (unpaired) electrons. The molecule has 1 heterocycles. The van der Waals surface area contributed by atoms with Gasteiger partial charge in [0.25, 0.3) is 5.91 Å². The monoisotopic (exact) mass is 472 g/mol. The van der Waals surface area contributed by atoms with E-state index in [1.54, 1.807) is 43.4 Å². The number of benzene rings is 3.